The highest BCUT2D eigenvalue weighted by molar-refractivity contribution is 5.96. The maximum absolute atomic E-state index is 11.8. The number of nitrogens with one attached hydrogen (secondary N) is 1. The second-order valence-corrected chi connectivity index (χ2v) is 4.99. The van der Waals surface area contributed by atoms with Crippen LogP contribution >= 0.6 is 0 Å². The molecular weight excluding hydrogens is 272 g/mol. The normalized spacial score (nSPS) is 11.8. The second kappa shape index (κ2) is 8.04. The number of rotatable bonds is 6. The zero-order chi connectivity index (χ0) is 15.8. The summed E-state index contributed by atoms with van der Waals surface area (Å²) in [6, 6.07) is 8.52. The average Bonchev–Trinajstić information content (AvgIpc) is 2.42. The maximum atomic E-state index is 11.8. The Kier molecular flexibility index (Phi) is 6.39. The van der Waals surface area contributed by atoms with Crippen LogP contribution < -0.4 is 11.1 Å². The van der Waals surface area contributed by atoms with Crippen LogP contribution in [0.3, 0.4) is 0 Å². The van der Waals surface area contributed by atoms with Crippen LogP contribution in [0, 0.1) is 5.92 Å². The summed E-state index contributed by atoms with van der Waals surface area (Å²) in [4.78, 5) is 34.2. The number of hydrogen-bond acceptors (Lipinski definition) is 4. The number of nitrogens with two attached hydrogens (primary N) is 1. The predicted molar refractivity (Wildman–Crippen MR) is 77.2 cm³/mol. The Morgan fingerprint density at radius 2 is 1.81 bits per heavy atom. The Morgan fingerprint density at radius 3 is 2.33 bits per heavy atom. The molecule has 1 rings (SSSR count). The van der Waals surface area contributed by atoms with E-state index >= 15 is 0 Å². The third-order valence-electron chi connectivity index (χ3n) is 2.83. The number of benzene rings is 1. The van der Waals surface area contributed by atoms with Crippen molar-refractivity contribution in [3.63, 3.8) is 0 Å². The molecule has 6 nitrogen and oxygen atoms in total. The molecule has 0 aliphatic carbocycles. The van der Waals surface area contributed by atoms with E-state index in [0.717, 1.165) is 5.56 Å². The van der Waals surface area contributed by atoms with Crippen molar-refractivity contribution < 1.29 is 19.1 Å². The lowest BCUT2D eigenvalue weighted by Crippen LogP contribution is -2.45. The fourth-order valence-electron chi connectivity index (χ4n) is 1.78. The summed E-state index contributed by atoms with van der Waals surface area (Å²) >= 11 is 0. The fourth-order valence-corrected chi connectivity index (χ4v) is 1.78. The number of esters is 1. The van der Waals surface area contributed by atoms with Gasteiger partial charge in [0.05, 0.1) is 0 Å². The maximum Gasteiger partial charge on any atom is 0.318 e. The third kappa shape index (κ3) is 6.07. The third-order valence-corrected chi connectivity index (χ3v) is 2.83. The molecule has 0 aromatic heterocycles. The van der Waals surface area contributed by atoms with Gasteiger partial charge in [-0.2, -0.15) is 0 Å². The highest BCUT2D eigenvalue weighted by atomic mass is 16.5. The summed E-state index contributed by atoms with van der Waals surface area (Å²) in [5.41, 5.74) is 5.90. The zero-order valence-electron chi connectivity index (χ0n) is 12.2. The first-order valence-electron chi connectivity index (χ1n) is 6.74. The number of imide groups is 1. The van der Waals surface area contributed by atoms with Gasteiger partial charge in [0.2, 0.25) is 0 Å². The number of hydrogen-bond donors (Lipinski definition) is 2. The Bertz CT molecular complexity index is 500. The van der Waals surface area contributed by atoms with Gasteiger partial charge in [-0.05, 0) is 17.9 Å². The van der Waals surface area contributed by atoms with E-state index in [-0.39, 0.29) is 12.3 Å². The molecule has 0 aliphatic heterocycles. The lowest BCUT2D eigenvalue weighted by atomic mass is 10.1. The Hall–Kier alpha value is -2.37. The molecule has 1 aromatic carbocycles. The summed E-state index contributed by atoms with van der Waals surface area (Å²) in [6.45, 7) is 3.44. The van der Waals surface area contributed by atoms with E-state index in [4.69, 9.17) is 10.5 Å². The van der Waals surface area contributed by atoms with Crippen LogP contribution in [0.1, 0.15) is 25.8 Å². The zero-order valence-corrected chi connectivity index (χ0v) is 12.2. The molecule has 6 heteroatoms. The first kappa shape index (κ1) is 16.7. The molecule has 0 saturated heterocycles. The first-order valence-corrected chi connectivity index (χ1v) is 6.74. The Morgan fingerprint density at radius 1 is 1.19 bits per heavy atom. The van der Waals surface area contributed by atoms with Gasteiger partial charge in [0.1, 0.15) is 0 Å². The minimum Gasteiger partial charge on any atom is -0.452 e. The smallest absolute Gasteiger partial charge is 0.318 e. The minimum atomic E-state index is -1.03. The SMILES string of the molecule is CC(C)[C@@H](OC(=O)CCc1ccccc1)C(=O)NC(N)=O. The molecule has 1 aromatic rings. The minimum absolute atomic E-state index is 0.164. The average molecular weight is 292 g/mol. The van der Waals surface area contributed by atoms with Crippen molar-refractivity contribution >= 4 is 17.9 Å². The van der Waals surface area contributed by atoms with Crippen LogP contribution in [0.2, 0.25) is 0 Å². The lowest BCUT2D eigenvalue weighted by molar-refractivity contribution is -0.158. The molecule has 3 N–H and O–H groups in total. The predicted octanol–water partition coefficient (Wildman–Crippen LogP) is 1.38. The van der Waals surface area contributed by atoms with Crippen LogP contribution in [0.5, 0.6) is 0 Å². The van der Waals surface area contributed by atoms with Gasteiger partial charge in [0.25, 0.3) is 5.91 Å². The topological polar surface area (TPSA) is 98.5 Å². The molecule has 114 valence electrons. The fraction of sp³-hybridized carbons (Fsp3) is 0.400. The molecule has 0 fully saturated rings. The van der Waals surface area contributed by atoms with Gasteiger partial charge in [-0.15, -0.1) is 0 Å². The highest BCUT2D eigenvalue weighted by Gasteiger charge is 2.27. The number of carbonyl (C=O) groups is 3. The molecule has 3 amide bonds. The largest absolute Gasteiger partial charge is 0.452 e. The van der Waals surface area contributed by atoms with E-state index in [2.05, 4.69) is 0 Å². The first-order chi connectivity index (χ1) is 9.90. The number of ether oxygens (including phenoxy) is 1. The van der Waals surface area contributed by atoms with Gasteiger partial charge in [0, 0.05) is 6.42 Å². The van der Waals surface area contributed by atoms with Gasteiger partial charge >= 0.3 is 12.0 Å². The van der Waals surface area contributed by atoms with E-state index in [0.29, 0.717) is 6.42 Å². The van der Waals surface area contributed by atoms with E-state index in [1.165, 1.54) is 0 Å². The monoisotopic (exact) mass is 292 g/mol. The van der Waals surface area contributed by atoms with Gasteiger partial charge in [-0.3, -0.25) is 14.9 Å². The summed E-state index contributed by atoms with van der Waals surface area (Å²) < 4.78 is 5.14. The van der Waals surface area contributed by atoms with E-state index < -0.39 is 24.0 Å². The van der Waals surface area contributed by atoms with Gasteiger partial charge in [-0.1, -0.05) is 44.2 Å². The second-order valence-electron chi connectivity index (χ2n) is 4.99. The van der Waals surface area contributed by atoms with Crippen molar-refractivity contribution in [1.29, 1.82) is 0 Å². The lowest BCUT2D eigenvalue weighted by Gasteiger charge is -2.19. The van der Waals surface area contributed by atoms with Crippen LogP contribution in [0.25, 0.3) is 0 Å². The van der Waals surface area contributed by atoms with Gasteiger partial charge < -0.3 is 10.5 Å². The van der Waals surface area contributed by atoms with Crippen molar-refractivity contribution in [2.24, 2.45) is 11.7 Å². The number of urea groups is 1. The number of primary amides is 1. The summed E-state index contributed by atoms with van der Waals surface area (Å²) in [5, 5.41) is 1.93. The molecule has 0 bridgehead atoms. The summed E-state index contributed by atoms with van der Waals surface area (Å²) in [5.74, 6) is -1.45. The quantitative estimate of drug-likeness (QED) is 0.774. The van der Waals surface area contributed by atoms with Gasteiger partial charge in [0.15, 0.2) is 6.10 Å². The number of aryl methyl sites for hydroxylation is 1. The molecule has 0 heterocycles. The molecule has 21 heavy (non-hydrogen) atoms. The Balaban J connectivity index is 2.53. The highest BCUT2D eigenvalue weighted by Crippen LogP contribution is 2.10. The van der Waals surface area contributed by atoms with Gasteiger partial charge in [-0.25, -0.2) is 4.79 Å². The van der Waals surface area contributed by atoms with Crippen molar-refractivity contribution in [1.82, 2.24) is 5.32 Å². The molecule has 0 aliphatic rings. The van der Waals surface area contributed by atoms with Crippen LogP contribution in [0.4, 0.5) is 4.79 Å². The molecule has 0 spiro atoms. The van der Waals surface area contributed by atoms with E-state index in [1.54, 1.807) is 13.8 Å². The molecule has 0 saturated carbocycles. The van der Waals surface area contributed by atoms with E-state index in [9.17, 15) is 14.4 Å². The van der Waals surface area contributed by atoms with E-state index in [1.807, 2.05) is 35.6 Å². The Labute approximate surface area is 123 Å². The van der Waals surface area contributed by atoms with Crippen LogP contribution in [0.15, 0.2) is 30.3 Å². The number of amides is 3. The summed E-state index contributed by atoms with van der Waals surface area (Å²) in [7, 11) is 0. The van der Waals surface area contributed by atoms with Crippen molar-refractivity contribution in [3.05, 3.63) is 35.9 Å². The van der Waals surface area contributed by atoms with Crippen LogP contribution in [-0.2, 0) is 20.7 Å². The van der Waals surface area contributed by atoms with Crippen molar-refractivity contribution in [2.75, 3.05) is 0 Å². The molecular formula is C15H20N2O4. The molecule has 1 atom stereocenters. The molecule has 0 unspecified atom stereocenters. The van der Waals surface area contributed by atoms with Crippen molar-refractivity contribution in [3.8, 4) is 0 Å². The molecule has 0 radical (unpaired) electrons. The summed E-state index contributed by atoms with van der Waals surface area (Å²) in [6.07, 6.45) is -0.334. The number of carbonyl (C=O) groups excluding carboxylic acids is 3. The van der Waals surface area contributed by atoms with Crippen LogP contribution in [-0.4, -0.2) is 24.0 Å². The van der Waals surface area contributed by atoms with Crippen molar-refractivity contribution in [2.45, 2.75) is 32.8 Å². The standard InChI is InChI=1S/C15H20N2O4/c1-10(2)13(14(19)17-15(16)20)21-12(18)9-8-11-6-4-3-5-7-11/h3-7,10,13H,8-9H2,1-2H3,(H3,16,17,19,20)/t13-/m1/s1.